The Balaban J connectivity index is 1.85. The summed E-state index contributed by atoms with van der Waals surface area (Å²) < 4.78 is 0. The van der Waals surface area contributed by atoms with Crippen molar-refractivity contribution < 1.29 is 0 Å². The highest BCUT2D eigenvalue weighted by Crippen LogP contribution is 2.36. The molecule has 0 spiro atoms. The van der Waals surface area contributed by atoms with E-state index in [1.54, 1.807) is 0 Å². The van der Waals surface area contributed by atoms with Crippen LogP contribution in [0.3, 0.4) is 0 Å². The van der Waals surface area contributed by atoms with Crippen LogP contribution in [-0.2, 0) is 12.8 Å². The summed E-state index contributed by atoms with van der Waals surface area (Å²) >= 11 is 0. The molecule has 1 saturated carbocycles. The van der Waals surface area contributed by atoms with Gasteiger partial charge in [-0.2, -0.15) is 5.26 Å². The van der Waals surface area contributed by atoms with Gasteiger partial charge in [0.1, 0.15) is 0 Å². The third kappa shape index (κ3) is 5.69. The Morgan fingerprint density at radius 2 is 1.65 bits per heavy atom. The van der Waals surface area contributed by atoms with Crippen LogP contribution in [0.1, 0.15) is 76.3 Å². The van der Waals surface area contributed by atoms with E-state index < -0.39 is 0 Å². The highest BCUT2D eigenvalue weighted by atomic mass is 14.4. The van der Waals surface area contributed by atoms with Crippen LogP contribution in [0.25, 0.3) is 0 Å². The van der Waals surface area contributed by atoms with E-state index in [1.165, 1.54) is 62.5 Å². The molecule has 1 aliphatic carbocycles. The van der Waals surface area contributed by atoms with Gasteiger partial charge in [-0.25, -0.2) is 0 Å². The van der Waals surface area contributed by atoms with Gasteiger partial charge in [-0.05, 0) is 48.6 Å². The standard InChI is InChI=1S/C22H33N/c1-3-5-7-19-12-14-21(15-13-19)22(17-23)16-20-10-8-18(6-4-2)9-11-20/h8-11,19,21-22H,3-7,12-16H2,1-2H3. The first-order chi connectivity index (χ1) is 11.3. The molecule has 126 valence electrons. The molecule has 0 heterocycles. The van der Waals surface area contributed by atoms with Crippen molar-refractivity contribution in [2.75, 3.05) is 0 Å². The van der Waals surface area contributed by atoms with Crippen LogP contribution in [0.5, 0.6) is 0 Å². The summed E-state index contributed by atoms with van der Waals surface area (Å²) in [6.45, 7) is 4.50. The fourth-order valence-electron chi connectivity index (χ4n) is 4.07. The van der Waals surface area contributed by atoms with E-state index in [1.807, 2.05) is 0 Å². The van der Waals surface area contributed by atoms with E-state index in [0.29, 0.717) is 5.92 Å². The molecule has 1 heteroatoms. The van der Waals surface area contributed by atoms with Crippen LogP contribution >= 0.6 is 0 Å². The van der Waals surface area contributed by atoms with Crippen LogP contribution in [0, 0.1) is 29.1 Å². The van der Waals surface area contributed by atoms with Gasteiger partial charge in [-0.1, -0.05) is 76.6 Å². The molecular formula is C22H33N. The minimum Gasteiger partial charge on any atom is -0.198 e. The molecular weight excluding hydrogens is 278 g/mol. The lowest BCUT2D eigenvalue weighted by Crippen LogP contribution is -2.22. The number of rotatable bonds is 8. The number of aryl methyl sites for hydroxylation is 1. The molecule has 1 nitrogen and oxygen atoms in total. The number of unbranched alkanes of at least 4 members (excludes halogenated alkanes) is 1. The zero-order valence-electron chi connectivity index (χ0n) is 15.1. The molecule has 1 fully saturated rings. The lowest BCUT2D eigenvalue weighted by Gasteiger charge is -2.31. The van der Waals surface area contributed by atoms with Gasteiger partial charge in [0.05, 0.1) is 12.0 Å². The fourth-order valence-corrected chi connectivity index (χ4v) is 4.07. The average Bonchev–Trinajstić information content (AvgIpc) is 2.60. The Morgan fingerprint density at radius 1 is 1.00 bits per heavy atom. The van der Waals surface area contributed by atoms with Crippen LogP contribution < -0.4 is 0 Å². The second-order valence-corrected chi connectivity index (χ2v) is 7.43. The van der Waals surface area contributed by atoms with Gasteiger partial charge in [0.25, 0.3) is 0 Å². The van der Waals surface area contributed by atoms with Crippen molar-refractivity contribution in [3.8, 4) is 6.07 Å². The Kier molecular flexibility index (Phi) is 7.66. The van der Waals surface area contributed by atoms with Gasteiger partial charge < -0.3 is 0 Å². The predicted octanol–water partition coefficient (Wildman–Crippen LogP) is 6.32. The zero-order chi connectivity index (χ0) is 16.5. The van der Waals surface area contributed by atoms with Crippen LogP contribution in [0.15, 0.2) is 24.3 Å². The minimum atomic E-state index is 0.208. The van der Waals surface area contributed by atoms with Crippen molar-refractivity contribution in [2.45, 2.75) is 78.1 Å². The maximum atomic E-state index is 9.64. The highest BCUT2D eigenvalue weighted by Gasteiger charge is 2.27. The van der Waals surface area contributed by atoms with Crippen molar-refractivity contribution in [1.29, 1.82) is 5.26 Å². The first kappa shape index (κ1) is 18.1. The molecule has 1 aromatic rings. The second-order valence-electron chi connectivity index (χ2n) is 7.43. The number of hydrogen-bond acceptors (Lipinski definition) is 1. The second kappa shape index (κ2) is 9.76. The van der Waals surface area contributed by atoms with Crippen LogP contribution in [0.2, 0.25) is 0 Å². The van der Waals surface area contributed by atoms with E-state index in [2.05, 4.69) is 44.2 Å². The topological polar surface area (TPSA) is 23.8 Å². The Morgan fingerprint density at radius 3 is 2.22 bits per heavy atom. The summed E-state index contributed by atoms with van der Waals surface area (Å²) in [7, 11) is 0. The van der Waals surface area contributed by atoms with Gasteiger partial charge >= 0.3 is 0 Å². The largest absolute Gasteiger partial charge is 0.198 e. The molecule has 0 radical (unpaired) electrons. The van der Waals surface area contributed by atoms with E-state index >= 15 is 0 Å². The zero-order valence-corrected chi connectivity index (χ0v) is 15.1. The Labute approximate surface area is 143 Å². The van der Waals surface area contributed by atoms with Crippen molar-refractivity contribution in [3.63, 3.8) is 0 Å². The van der Waals surface area contributed by atoms with Crippen molar-refractivity contribution >= 4 is 0 Å². The molecule has 23 heavy (non-hydrogen) atoms. The minimum absolute atomic E-state index is 0.208. The van der Waals surface area contributed by atoms with E-state index in [-0.39, 0.29) is 5.92 Å². The Bertz CT molecular complexity index is 474. The molecule has 1 unspecified atom stereocenters. The van der Waals surface area contributed by atoms with E-state index in [9.17, 15) is 5.26 Å². The quantitative estimate of drug-likeness (QED) is 0.551. The van der Waals surface area contributed by atoms with Gasteiger partial charge in [0.15, 0.2) is 0 Å². The summed E-state index contributed by atoms with van der Waals surface area (Å²) in [5.74, 6) is 1.76. The average molecular weight is 312 g/mol. The molecule has 0 saturated heterocycles. The highest BCUT2D eigenvalue weighted by molar-refractivity contribution is 5.23. The maximum Gasteiger partial charge on any atom is 0.0662 e. The SMILES string of the molecule is CCCCC1CCC(C(C#N)Cc2ccc(CCC)cc2)CC1. The fraction of sp³-hybridized carbons (Fsp3) is 0.682. The molecule has 0 aromatic heterocycles. The van der Waals surface area contributed by atoms with Crippen LogP contribution in [-0.4, -0.2) is 0 Å². The van der Waals surface area contributed by atoms with E-state index in [4.69, 9.17) is 0 Å². The molecule has 0 bridgehead atoms. The summed E-state index contributed by atoms with van der Waals surface area (Å²) in [4.78, 5) is 0. The monoisotopic (exact) mass is 311 g/mol. The van der Waals surface area contributed by atoms with Gasteiger partial charge in [0, 0.05) is 0 Å². The smallest absolute Gasteiger partial charge is 0.0662 e. The molecule has 0 amide bonds. The third-order valence-electron chi connectivity index (χ3n) is 5.61. The molecule has 0 aliphatic heterocycles. The molecule has 2 rings (SSSR count). The van der Waals surface area contributed by atoms with Gasteiger partial charge in [-0.15, -0.1) is 0 Å². The molecule has 0 N–H and O–H groups in total. The van der Waals surface area contributed by atoms with Crippen molar-refractivity contribution in [2.24, 2.45) is 17.8 Å². The molecule has 1 aliphatic rings. The first-order valence-corrected chi connectivity index (χ1v) is 9.74. The number of hydrogen-bond donors (Lipinski definition) is 0. The van der Waals surface area contributed by atoms with Crippen molar-refractivity contribution in [3.05, 3.63) is 35.4 Å². The third-order valence-corrected chi connectivity index (χ3v) is 5.61. The van der Waals surface area contributed by atoms with E-state index in [0.717, 1.165) is 18.8 Å². The predicted molar refractivity (Wildman–Crippen MR) is 98.2 cm³/mol. The lowest BCUT2D eigenvalue weighted by molar-refractivity contribution is 0.221. The number of nitrogens with zero attached hydrogens (tertiary/aromatic N) is 1. The lowest BCUT2D eigenvalue weighted by atomic mass is 9.73. The maximum absolute atomic E-state index is 9.64. The summed E-state index contributed by atoms with van der Waals surface area (Å²) in [6, 6.07) is 11.6. The number of nitriles is 1. The first-order valence-electron chi connectivity index (χ1n) is 9.74. The summed E-state index contributed by atoms with van der Waals surface area (Å²) in [5.41, 5.74) is 2.76. The normalized spacial score (nSPS) is 22.5. The molecule has 1 atom stereocenters. The number of benzene rings is 1. The Hall–Kier alpha value is -1.29. The molecule has 1 aromatic carbocycles. The van der Waals surface area contributed by atoms with Crippen molar-refractivity contribution in [1.82, 2.24) is 0 Å². The van der Waals surface area contributed by atoms with Gasteiger partial charge in [0.2, 0.25) is 0 Å². The summed E-state index contributed by atoms with van der Waals surface area (Å²) in [5, 5.41) is 9.64. The van der Waals surface area contributed by atoms with Gasteiger partial charge in [-0.3, -0.25) is 0 Å². The van der Waals surface area contributed by atoms with Crippen LogP contribution in [0.4, 0.5) is 0 Å². The summed E-state index contributed by atoms with van der Waals surface area (Å²) in [6.07, 6.45) is 12.6.